The molecular weight excluding hydrogens is 346 g/mol. The van der Waals surface area contributed by atoms with Crippen LogP contribution in [0.3, 0.4) is 0 Å². The minimum Gasteiger partial charge on any atom is -0.123 e. The molecule has 0 aromatic carbocycles. The van der Waals surface area contributed by atoms with Gasteiger partial charge in [-0.25, -0.2) is 0 Å². The first kappa shape index (κ1) is 22.2. The van der Waals surface area contributed by atoms with Crippen molar-refractivity contribution < 1.29 is 0 Å². The van der Waals surface area contributed by atoms with Gasteiger partial charge in [0, 0.05) is 11.8 Å². The molecule has 0 heterocycles. The third-order valence-electron chi connectivity index (χ3n) is 3.82. The molecule has 0 aromatic rings. The molecule has 0 aliphatic carbocycles. The largest absolute Gasteiger partial charge is 0.192 e. The molecule has 0 rings (SSSR count). The van der Waals surface area contributed by atoms with Crippen LogP contribution in [0.2, 0.25) is 0 Å². The van der Waals surface area contributed by atoms with Gasteiger partial charge in [0.1, 0.15) is 0 Å². The predicted molar refractivity (Wildman–Crippen MR) is 100 cm³/mol. The van der Waals surface area contributed by atoms with Gasteiger partial charge in [0.2, 0.25) is 0 Å². The molecule has 21 heavy (non-hydrogen) atoms. The Morgan fingerprint density at radius 1 is 0.667 bits per heavy atom. The molecule has 4 heteroatoms. The second-order valence-electron chi connectivity index (χ2n) is 6.09. The van der Waals surface area contributed by atoms with Crippen molar-refractivity contribution in [2.24, 2.45) is 0 Å². The van der Waals surface area contributed by atoms with Crippen LogP contribution in [0.5, 0.6) is 0 Å². The Balaban J connectivity index is 3.15. The van der Waals surface area contributed by atoms with Crippen molar-refractivity contribution in [3.05, 3.63) is 0 Å². The van der Waals surface area contributed by atoms with Crippen molar-refractivity contribution in [3.63, 3.8) is 0 Å². The maximum atomic E-state index is 6.15. The van der Waals surface area contributed by atoms with Gasteiger partial charge >= 0.3 is 0 Å². The summed E-state index contributed by atoms with van der Waals surface area (Å²) in [5, 5.41) is -0.0133. The summed E-state index contributed by atoms with van der Waals surface area (Å²) in [5.74, 6) is 0. The lowest BCUT2D eigenvalue weighted by molar-refractivity contribution is 0.534. The van der Waals surface area contributed by atoms with Crippen LogP contribution in [0, 0.1) is 0 Å². The van der Waals surface area contributed by atoms with Gasteiger partial charge in [0.05, 0.1) is 0 Å². The zero-order valence-corrected chi connectivity index (χ0v) is 16.5. The lowest BCUT2D eigenvalue weighted by Crippen LogP contribution is -2.11. The van der Waals surface area contributed by atoms with E-state index >= 15 is 0 Å². The van der Waals surface area contributed by atoms with E-state index in [-0.39, 0.29) is 5.38 Å². The first-order valence-corrected chi connectivity index (χ1v) is 10.2. The first-order chi connectivity index (χ1) is 9.95. The number of hydrogen-bond acceptors (Lipinski definition) is 0. The van der Waals surface area contributed by atoms with E-state index in [0.29, 0.717) is 6.42 Å². The van der Waals surface area contributed by atoms with Crippen LogP contribution in [-0.4, -0.2) is 9.17 Å². The summed E-state index contributed by atoms with van der Waals surface area (Å²) in [6.45, 7) is 2.27. The molecular formula is C17H32Cl4. The van der Waals surface area contributed by atoms with Crippen molar-refractivity contribution >= 4 is 46.4 Å². The quantitative estimate of drug-likeness (QED) is 0.210. The van der Waals surface area contributed by atoms with E-state index in [1.165, 1.54) is 70.6 Å². The monoisotopic (exact) mass is 376 g/mol. The van der Waals surface area contributed by atoms with E-state index in [9.17, 15) is 0 Å². The second kappa shape index (κ2) is 14.7. The number of alkyl halides is 4. The van der Waals surface area contributed by atoms with Crippen molar-refractivity contribution in [1.29, 1.82) is 0 Å². The smallest absolute Gasteiger partial charge is 0.123 e. The second-order valence-corrected chi connectivity index (χ2v) is 9.23. The molecule has 1 atom stereocenters. The van der Waals surface area contributed by atoms with Gasteiger partial charge in [-0.15, -0.1) is 11.6 Å². The molecule has 0 fully saturated rings. The zero-order chi connectivity index (χ0) is 16.0. The fourth-order valence-corrected chi connectivity index (χ4v) is 3.74. The normalized spacial score (nSPS) is 13.6. The van der Waals surface area contributed by atoms with E-state index in [0.717, 1.165) is 12.8 Å². The van der Waals surface area contributed by atoms with Gasteiger partial charge in [-0.05, 0) is 6.42 Å². The SMILES string of the molecule is CCCCCCCCCCCCCCC(Cl)CC(Cl)(Cl)Cl. The fourth-order valence-electron chi connectivity index (χ4n) is 2.56. The van der Waals surface area contributed by atoms with Crippen LogP contribution >= 0.6 is 46.4 Å². The van der Waals surface area contributed by atoms with Crippen LogP contribution in [0.15, 0.2) is 0 Å². The summed E-state index contributed by atoms with van der Waals surface area (Å²) < 4.78 is -1.20. The van der Waals surface area contributed by atoms with Crippen LogP contribution in [0.1, 0.15) is 96.8 Å². The average Bonchev–Trinajstić information content (AvgIpc) is 2.38. The lowest BCUT2D eigenvalue weighted by Gasteiger charge is -2.15. The Labute approximate surface area is 152 Å². The Morgan fingerprint density at radius 2 is 1.05 bits per heavy atom. The Kier molecular flexibility index (Phi) is 15.5. The molecule has 0 aromatic heterocycles. The highest BCUT2D eigenvalue weighted by Crippen LogP contribution is 2.34. The van der Waals surface area contributed by atoms with Crippen molar-refractivity contribution in [2.75, 3.05) is 0 Å². The van der Waals surface area contributed by atoms with Crippen molar-refractivity contribution in [3.8, 4) is 0 Å². The molecule has 0 aliphatic heterocycles. The molecule has 128 valence electrons. The Morgan fingerprint density at radius 3 is 1.43 bits per heavy atom. The van der Waals surface area contributed by atoms with Gasteiger partial charge in [-0.1, -0.05) is 119 Å². The van der Waals surface area contributed by atoms with E-state index < -0.39 is 3.79 Å². The summed E-state index contributed by atoms with van der Waals surface area (Å²) in [5.41, 5.74) is 0. The van der Waals surface area contributed by atoms with Crippen LogP contribution < -0.4 is 0 Å². The molecule has 0 N–H and O–H groups in total. The minimum atomic E-state index is -1.20. The summed E-state index contributed by atoms with van der Waals surface area (Å²) >= 11 is 23.3. The molecule has 0 nitrogen and oxygen atoms in total. The number of halogens is 4. The van der Waals surface area contributed by atoms with Crippen LogP contribution in [-0.2, 0) is 0 Å². The lowest BCUT2D eigenvalue weighted by atomic mass is 10.0. The van der Waals surface area contributed by atoms with Gasteiger partial charge in [0.15, 0.2) is 3.79 Å². The summed E-state index contributed by atoms with van der Waals surface area (Å²) in [6.07, 6.45) is 17.7. The highest BCUT2D eigenvalue weighted by atomic mass is 35.6. The topological polar surface area (TPSA) is 0 Å². The van der Waals surface area contributed by atoms with Crippen LogP contribution in [0.4, 0.5) is 0 Å². The highest BCUT2D eigenvalue weighted by molar-refractivity contribution is 6.67. The summed E-state index contributed by atoms with van der Waals surface area (Å²) in [4.78, 5) is 0. The Bertz CT molecular complexity index is 213. The number of hydrogen-bond donors (Lipinski definition) is 0. The van der Waals surface area contributed by atoms with Gasteiger partial charge in [-0.2, -0.15) is 0 Å². The van der Waals surface area contributed by atoms with E-state index in [1.807, 2.05) is 0 Å². The molecule has 0 saturated carbocycles. The van der Waals surface area contributed by atoms with Crippen molar-refractivity contribution in [2.45, 2.75) is 106 Å². The maximum absolute atomic E-state index is 6.15. The standard InChI is InChI=1S/C17H32Cl4/c1-2-3-4-5-6-7-8-9-10-11-12-13-14-16(18)15-17(19,20)21/h16H,2-15H2,1H3. The predicted octanol–water partition coefficient (Wildman–Crippen LogP) is 8.45. The fraction of sp³-hybridized carbons (Fsp3) is 1.00. The number of rotatable bonds is 14. The third-order valence-corrected chi connectivity index (χ3v) is 4.66. The van der Waals surface area contributed by atoms with E-state index in [1.54, 1.807) is 0 Å². The highest BCUT2D eigenvalue weighted by Gasteiger charge is 2.23. The van der Waals surface area contributed by atoms with Gasteiger partial charge in [-0.3, -0.25) is 0 Å². The first-order valence-electron chi connectivity index (χ1n) is 8.66. The van der Waals surface area contributed by atoms with Crippen LogP contribution in [0.25, 0.3) is 0 Å². The molecule has 0 spiro atoms. The Hall–Kier alpha value is 1.16. The van der Waals surface area contributed by atoms with Gasteiger partial charge < -0.3 is 0 Å². The molecule has 0 aliphatic rings. The minimum absolute atomic E-state index is 0.0133. The average molecular weight is 378 g/mol. The van der Waals surface area contributed by atoms with Crippen molar-refractivity contribution in [1.82, 2.24) is 0 Å². The maximum Gasteiger partial charge on any atom is 0.192 e. The molecule has 0 bridgehead atoms. The summed E-state index contributed by atoms with van der Waals surface area (Å²) in [6, 6.07) is 0. The zero-order valence-electron chi connectivity index (χ0n) is 13.5. The van der Waals surface area contributed by atoms with E-state index in [4.69, 9.17) is 46.4 Å². The van der Waals surface area contributed by atoms with E-state index in [2.05, 4.69) is 6.92 Å². The molecule has 1 unspecified atom stereocenters. The third kappa shape index (κ3) is 19.1. The number of unbranched alkanes of at least 4 members (excludes halogenated alkanes) is 11. The summed E-state index contributed by atoms with van der Waals surface area (Å²) in [7, 11) is 0. The molecule has 0 amide bonds. The molecule has 0 radical (unpaired) electrons. The van der Waals surface area contributed by atoms with Gasteiger partial charge in [0.25, 0.3) is 0 Å². The molecule has 0 saturated heterocycles.